The van der Waals surface area contributed by atoms with E-state index in [0.717, 1.165) is 11.8 Å². The van der Waals surface area contributed by atoms with Crippen LogP contribution in [0.25, 0.3) is 5.69 Å². The first-order chi connectivity index (χ1) is 6.66. The molecule has 0 aliphatic carbocycles. The Labute approximate surface area is 80.4 Å². The van der Waals surface area contributed by atoms with Crippen LogP contribution in [0.1, 0.15) is 5.56 Å². The van der Waals surface area contributed by atoms with Gasteiger partial charge in [0.15, 0.2) is 5.82 Å². The monoisotopic (exact) mass is 192 g/mol. The van der Waals surface area contributed by atoms with Crippen LogP contribution in [0.5, 0.6) is 5.75 Å². The highest BCUT2D eigenvalue weighted by Gasteiger charge is 2.02. The first kappa shape index (κ1) is 8.74. The summed E-state index contributed by atoms with van der Waals surface area (Å²) in [5.74, 6) is -0.219. The number of aromatic hydroxyl groups is 1. The molecule has 2 rings (SSSR count). The second-order valence-corrected chi connectivity index (χ2v) is 3.07. The molecule has 0 aliphatic rings. The lowest BCUT2D eigenvalue weighted by Gasteiger charge is -2.03. The zero-order chi connectivity index (χ0) is 10.1. The van der Waals surface area contributed by atoms with E-state index in [1.54, 1.807) is 25.1 Å². The summed E-state index contributed by atoms with van der Waals surface area (Å²) in [6.07, 6.45) is 2.38. The van der Waals surface area contributed by atoms with Crippen molar-refractivity contribution in [2.75, 3.05) is 0 Å². The summed E-state index contributed by atoms with van der Waals surface area (Å²) < 4.78 is 14.0. The molecule has 0 radical (unpaired) electrons. The van der Waals surface area contributed by atoms with Gasteiger partial charge in [-0.15, -0.1) is 0 Å². The molecule has 0 spiro atoms. The molecule has 1 heterocycles. The van der Waals surface area contributed by atoms with Crippen LogP contribution in [0.4, 0.5) is 4.39 Å². The molecule has 0 aliphatic heterocycles. The predicted molar refractivity (Wildman–Crippen MR) is 49.9 cm³/mol. The van der Waals surface area contributed by atoms with Crippen molar-refractivity contribution in [3.05, 3.63) is 42.0 Å². The second kappa shape index (κ2) is 3.14. The lowest BCUT2D eigenvalue weighted by atomic mass is 10.2. The van der Waals surface area contributed by atoms with Crippen molar-refractivity contribution in [3.8, 4) is 11.4 Å². The van der Waals surface area contributed by atoms with Crippen LogP contribution in [0.3, 0.4) is 0 Å². The fraction of sp³-hybridized carbons (Fsp3) is 0.100. The highest BCUT2D eigenvalue weighted by Crippen LogP contribution is 2.19. The number of halogens is 1. The smallest absolute Gasteiger partial charge is 0.161 e. The van der Waals surface area contributed by atoms with Gasteiger partial charge in [0.25, 0.3) is 0 Å². The van der Waals surface area contributed by atoms with Crippen LogP contribution in [0.15, 0.2) is 30.6 Å². The molecule has 72 valence electrons. The van der Waals surface area contributed by atoms with Crippen LogP contribution in [0, 0.1) is 12.7 Å². The van der Waals surface area contributed by atoms with E-state index in [4.69, 9.17) is 0 Å². The molecule has 0 saturated heterocycles. The van der Waals surface area contributed by atoms with Gasteiger partial charge in [-0.05, 0) is 18.6 Å². The molecule has 1 aromatic heterocycles. The molecule has 14 heavy (non-hydrogen) atoms. The highest BCUT2D eigenvalue weighted by molar-refractivity contribution is 5.42. The van der Waals surface area contributed by atoms with Crippen LogP contribution in [-0.4, -0.2) is 14.9 Å². The molecular weight excluding hydrogens is 183 g/mol. The minimum Gasteiger partial charge on any atom is -0.508 e. The number of phenols is 1. The van der Waals surface area contributed by atoms with Crippen molar-refractivity contribution in [1.29, 1.82) is 0 Å². The Kier molecular flexibility index (Phi) is 1.96. The van der Waals surface area contributed by atoms with Gasteiger partial charge in [0.1, 0.15) is 5.75 Å². The first-order valence-corrected chi connectivity index (χ1v) is 4.17. The lowest BCUT2D eigenvalue weighted by Crippen LogP contribution is -1.93. The summed E-state index contributed by atoms with van der Waals surface area (Å²) in [6, 6.07) is 5.06. The molecule has 1 aromatic carbocycles. The number of benzene rings is 1. The average Bonchev–Trinajstić information content (AvgIpc) is 2.57. The van der Waals surface area contributed by atoms with Crippen molar-refractivity contribution < 1.29 is 9.50 Å². The summed E-state index contributed by atoms with van der Waals surface area (Å²) in [5.41, 5.74) is 1.42. The van der Waals surface area contributed by atoms with Crippen molar-refractivity contribution >= 4 is 0 Å². The van der Waals surface area contributed by atoms with Gasteiger partial charge >= 0.3 is 0 Å². The van der Waals surface area contributed by atoms with Crippen molar-refractivity contribution in [2.45, 2.75) is 6.92 Å². The Morgan fingerprint density at radius 1 is 1.43 bits per heavy atom. The van der Waals surface area contributed by atoms with Crippen molar-refractivity contribution in [2.24, 2.45) is 0 Å². The normalized spacial score (nSPS) is 10.4. The Hall–Kier alpha value is -1.84. The third kappa shape index (κ3) is 1.46. The fourth-order valence-corrected chi connectivity index (χ4v) is 1.18. The molecular formula is C10H9FN2O. The molecule has 4 heteroatoms. The minimum absolute atomic E-state index is 0.179. The number of aryl methyl sites for hydroxylation is 1. The third-order valence-electron chi connectivity index (χ3n) is 2.01. The highest BCUT2D eigenvalue weighted by atomic mass is 19.1. The minimum atomic E-state index is -0.398. The Bertz CT molecular complexity index is 465. The molecule has 2 aromatic rings. The van der Waals surface area contributed by atoms with E-state index in [9.17, 15) is 9.50 Å². The topological polar surface area (TPSA) is 38.0 Å². The summed E-state index contributed by atoms with van der Waals surface area (Å²) in [7, 11) is 0. The standard InChI is InChI=1S/C10H9FN2O/c1-7-2-3-9(4-10(7)14)13-6-8(11)5-12-13/h2-6,14H,1H3. The first-order valence-electron chi connectivity index (χ1n) is 4.17. The summed E-state index contributed by atoms with van der Waals surface area (Å²) in [4.78, 5) is 0. The summed E-state index contributed by atoms with van der Waals surface area (Å²) >= 11 is 0. The maximum atomic E-state index is 12.6. The van der Waals surface area contributed by atoms with Gasteiger partial charge in [-0.2, -0.15) is 5.10 Å². The van der Waals surface area contributed by atoms with E-state index in [1.165, 1.54) is 10.9 Å². The van der Waals surface area contributed by atoms with Crippen LogP contribution in [0.2, 0.25) is 0 Å². The van der Waals surface area contributed by atoms with Crippen molar-refractivity contribution in [3.63, 3.8) is 0 Å². The summed E-state index contributed by atoms with van der Waals surface area (Å²) in [5, 5.41) is 13.2. The molecule has 1 N–H and O–H groups in total. The van der Waals surface area contributed by atoms with Gasteiger partial charge < -0.3 is 5.11 Å². The van der Waals surface area contributed by atoms with Gasteiger partial charge in [-0.25, -0.2) is 9.07 Å². The zero-order valence-electron chi connectivity index (χ0n) is 7.61. The Morgan fingerprint density at radius 2 is 2.21 bits per heavy atom. The number of rotatable bonds is 1. The fourth-order valence-electron chi connectivity index (χ4n) is 1.18. The number of aromatic nitrogens is 2. The number of hydrogen-bond donors (Lipinski definition) is 1. The van der Waals surface area contributed by atoms with E-state index in [1.807, 2.05) is 0 Å². The van der Waals surface area contributed by atoms with E-state index >= 15 is 0 Å². The lowest BCUT2D eigenvalue weighted by molar-refractivity contribution is 0.470. The molecule has 3 nitrogen and oxygen atoms in total. The Balaban J connectivity index is 2.47. The van der Waals surface area contributed by atoms with Gasteiger partial charge in [0.2, 0.25) is 0 Å². The SMILES string of the molecule is Cc1ccc(-n2cc(F)cn2)cc1O. The number of hydrogen-bond acceptors (Lipinski definition) is 2. The van der Waals surface area contributed by atoms with E-state index in [-0.39, 0.29) is 5.75 Å². The second-order valence-electron chi connectivity index (χ2n) is 3.07. The van der Waals surface area contributed by atoms with E-state index < -0.39 is 5.82 Å². The molecule has 0 unspecified atom stereocenters. The molecule has 0 bridgehead atoms. The van der Waals surface area contributed by atoms with Crippen molar-refractivity contribution in [1.82, 2.24) is 9.78 Å². The van der Waals surface area contributed by atoms with Crippen LogP contribution < -0.4 is 0 Å². The van der Waals surface area contributed by atoms with Crippen LogP contribution in [-0.2, 0) is 0 Å². The van der Waals surface area contributed by atoms with Gasteiger partial charge in [-0.3, -0.25) is 0 Å². The Morgan fingerprint density at radius 3 is 2.79 bits per heavy atom. The van der Waals surface area contributed by atoms with Crippen LogP contribution >= 0.6 is 0 Å². The molecule has 0 saturated carbocycles. The quantitative estimate of drug-likeness (QED) is 0.750. The van der Waals surface area contributed by atoms with Gasteiger partial charge in [0.05, 0.1) is 18.1 Å². The predicted octanol–water partition coefficient (Wildman–Crippen LogP) is 2.03. The van der Waals surface area contributed by atoms with Gasteiger partial charge in [-0.1, -0.05) is 6.07 Å². The largest absolute Gasteiger partial charge is 0.508 e. The molecule has 0 atom stereocenters. The average molecular weight is 192 g/mol. The van der Waals surface area contributed by atoms with E-state index in [2.05, 4.69) is 5.10 Å². The maximum absolute atomic E-state index is 12.6. The number of phenolic OH excluding ortho intramolecular Hbond substituents is 1. The zero-order valence-corrected chi connectivity index (χ0v) is 7.61. The third-order valence-corrected chi connectivity index (χ3v) is 2.01. The number of nitrogens with zero attached hydrogens (tertiary/aromatic N) is 2. The molecule has 0 fully saturated rings. The van der Waals surface area contributed by atoms with Gasteiger partial charge in [0, 0.05) is 6.07 Å². The molecule has 0 amide bonds. The van der Waals surface area contributed by atoms with E-state index in [0.29, 0.717) is 5.69 Å². The maximum Gasteiger partial charge on any atom is 0.161 e. The summed E-state index contributed by atoms with van der Waals surface area (Å²) in [6.45, 7) is 1.79.